The lowest BCUT2D eigenvalue weighted by molar-refractivity contribution is -0.133. The zero-order valence-corrected chi connectivity index (χ0v) is 15.2. The van der Waals surface area contributed by atoms with E-state index in [1.807, 2.05) is 23.1 Å². The summed E-state index contributed by atoms with van der Waals surface area (Å²) in [5, 5.41) is 10.1. The van der Waals surface area contributed by atoms with Gasteiger partial charge in [-0.25, -0.2) is 0 Å². The van der Waals surface area contributed by atoms with Crippen molar-refractivity contribution in [3.8, 4) is 5.75 Å². The monoisotopic (exact) mass is 347 g/mol. The highest BCUT2D eigenvalue weighted by molar-refractivity contribution is 5.76. The fraction of sp³-hybridized carbons (Fsp3) is 0.632. The second kappa shape index (κ2) is 8.17. The highest BCUT2D eigenvalue weighted by Crippen LogP contribution is 2.33. The number of rotatable bonds is 5. The number of carbonyl (C=O) groups excluding carboxylic acids is 1. The number of carbonyl (C=O) groups is 1. The van der Waals surface area contributed by atoms with E-state index in [0.717, 1.165) is 37.5 Å². The summed E-state index contributed by atoms with van der Waals surface area (Å²) in [4.78, 5) is 18.9. The summed E-state index contributed by atoms with van der Waals surface area (Å²) in [5.41, 5.74) is 1.14. The van der Waals surface area contributed by atoms with Gasteiger partial charge in [0.15, 0.2) is 0 Å². The maximum atomic E-state index is 12.5. The Hall–Kier alpha value is -1.63. The molecule has 0 radical (unpaired) electrons. The number of likely N-dealkylation sites (N-methyl/N-ethyl adjacent to an activating group) is 1. The normalized spacial score (nSPS) is 25.3. The summed E-state index contributed by atoms with van der Waals surface area (Å²) in [6.07, 6.45) is 0.877. The summed E-state index contributed by atoms with van der Waals surface area (Å²) in [7, 11) is 3.75. The quantitative estimate of drug-likeness (QED) is 0.860. The van der Waals surface area contributed by atoms with Gasteiger partial charge in [-0.3, -0.25) is 9.69 Å². The van der Waals surface area contributed by atoms with E-state index < -0.39 is 0 Å². The predicted molar refractivity (Wildman–Crippen MR) is 96.6 cm³/mol. The first kappa shape index (κ1) is 18.2. The first-order chi connectivity index (χ1) is 12.1. The Kier molecular flexibility index (Phi) is 5.93. The van der Waals surface area contributed by atoms with Crippen LogP contribution in [-0.4, -0.2) is 85.2 Å². The summed E-state index contributed by atoms with van der Waals surface area (Å²) >= 11 is 0. The molecule has 25 heavy (non-hydrogen) atoms. The third-order valence-corrected chi connectivity index (χ3v) is 5.33. The molecule has 2 atom stereocenters. The van der Waals surface area contributed by atoms with E-state index in [-0.39, 0.29) is 18.1 Å². The molecule has 138 valence electrons. The Morgan fingerprint density at radius 1 is 1.28 bits per heavy atom. The number of methoxy groups -OCH3 is 1. The van der Waals surface area contributed by atoms with Gasteiger partial charge in [0, 0.05) is 51.7 Å². The number of nitrogens with zero attached hydrogens (tertiary/aromatic N) is 3. The van der Waals surface area contributed by atoms with E-state index in [4.69, 9.17) is 4.74 Å². The van der Waals surface area contributed by atoms with Gasteiger partial charge in [-0.05, 0) is 31.2 Å². The van der Waals surface area contributed by atoms with E-state index in [1.54, 1.807) is 7.11 Å². The molecule has 0 aromatic heterocycles. The largest absolute Gasteiger partial charge is 0.497 e. The minimum absolute atomic E-state index is 0.144. The van der Waals surface area contributed by atoms with Crippen LogP contribution < -0.4 is 4.74 Å². The molecule has 6 heteroatoms. The van der Waals surface area contributed by atoms with E-state index in [1.165, 1.54) is 0 Å². The van der Waals surface area contributed by atoms with Crippen molar-refractivity contribution in [3.63, 3.8) is 0 Å². The van der Waals surface area contributed by atoms with E-state index in [0.29, 0.717) is 25.9 Å². The van der Waals surface area contributed by atoms with E-state index in [9.17, 15) is 9.90 Å². The highest BCUT2D eigenvalue weighted by Gasteiger charge is 2.32. The third kappa shape index (κ3) is 4.51. The third-order valence-electron chi connectivity index (χ3n) is 5.33. The fourth-order valence-corrected chi connectivity index (χ4v) is 3.78. The number of ether oxygens (including phenoxy) is 1. The summed E-state index contributed by atoms with van der Waals surface area (Å²) < 4.78 is 5.32. The first-order valence-corrected chi connectivity index (χ1v) is 9.09. The van der Waals surface area contributed by atoms with Crippen LogP contribution >= 0.6 is 0 Å². The van der Waals surface area contributed by atoms with E-state index in [2.05, 4.69) is 22.9 Å². The highest BCUT2D eigenvalue weighted by atomic mass is 16.5. The van der Waals surface area contributed by atoms with Gasteiger partial charge in [-0.2, -0.15) is 0 Å². The number of benzene rings is 1. The second-order valence-electron chi connectivity index (χ2n) is 7.11. The summed E-state index contributed by atoms with van der Waals surface area (Å²) in [5.74, 6) is 1.05. The van der Waals surface area contributed by atoms with Crippen LogP contribution in [0.5, 0.6) is 5.75 Å². The number of likely N-dealkylation sites (tertiary alicyclic amines) is 1. The maximum Gasteiger partial charge on any atom is 0.223 e. The van der Waals surface area contributed by atoms with Crippen molar-refractivity contribution in [3.05, 3.63) is 29.8 Å². The van der Waals surface area contributed by atoms with Crippen molar-refractivity contribution in [2.75, 3.05) is 53.4 Å². The predicted octanol–water partition coefficient (Wildman–Crippen LogP) is 0.967. The molecule has 0 bridgehead atoms. The van der Waals surface area contributed by atoms with Crippen molar-refractivity contribution in [1.82, 2.24) is 14.7 Å². The maximum absolute atomic E-state index is 12.5. The standard InChI is InChI=1S/C19H29N3O3/c1-20-8-10-21(11-9-20)19(24)6-7-22-14-16(23)13-18(22)15-4-3-5-17(12-15)25-2/h3-5,12,16,18,23H,6-11,13-14H2,1-2H3/t16-,18-/m1/s1. The lowest BCUT2D eigenvalue weighted by atomic mass is 10.0. The van der Waals surface area contributed by atoms with Gasteiger partial charge in [0.05, 0.1) is 13.2 Å². The molecule has 2 aliphatic rings. The number of hydrogen-bond donors (Lipinski definition) is 1. The average Bonchev–Trinajstić information content (AvgIpc) is 3.01. The van der Waals surface area contributed by atoms with E-state index >= 15 is 0 Å². The number of piperazine rings is 1. The first-order valence-electron chi connectivity index (χ1n) is 9.09. The topological polar surface area (TPSA) is 56.3 Å². The van der Waals surface area contributed by atoms with Gasteiger partial charge in [-0.15, -0.1) is 0 Å². The molecular weight excluding hydrogens is 318 g/mol. The SMILES string of the molecule is COc1cccc([C@H]2C[C@@H](O)CN2CCC(=O)N2CCN(C)CC2)c1. The van der Waals surface area contributed by atoms with Crippen molar-refractivity contribution < 1.29 is 14.6 Å². The van der Waals surface area contributed by atoms with Crippen LogP contribution in [0.25, 0.3) is 0 Å². The molecule has 2 saturated heterocycles. The molecule has 1 N–H and O–H groups in total. The minimum Gasteiger partial charge on any atom is -0.497 e. The smallest absolute Gasteiger partial charge is 0.223 e. The molecule has 1 amide bonds. The van der Waals surface area contributed by atoms with Gasteiger partial charge in [0.25, 0.3) is 0 Å². The Morgan fingerprint density at radius 3 is 2.76 bits per heavy atom. The van der Waals surface area contributed by atoms with Crippen molar-refractivity contribution in [2.45, 2.75) is 25.0 Å². The van der Waals surface area contributed by atoms with Crippen molar-refractivity contribution in [1.29, 1.82) is 0 Å². The molecule has 6 nitrogen and oxygen atoms in total. The Balaban J connectivity index is 1.59. The Labute approximate surface area is 150 Å². The zero-order valence-electron chi connectivity index (χ0n) is 15.2. The minimum atomic E-state index is -0.338. The van der Waals surface area contributed by atoms with Crippen molar-refractivity contribution in [2.24, 2.45) is 0 Å². The van der Waals surface area contributed by atoms with Crippen LogP contribution in [0.4, 0.5) is 0 Å². The van der Waals surface area contributed by atoms with Gasteiger partial charge in [0.2, 0.25) is 5.91 Å². The number of aliphatic hydroxyl groups excluding tert-OH is 1. The van der Waals surface area contributed by atoms with Crippen LogP contribution in [0, 0.1) is 0 Å². The number of hydrogen-bond acceptors (Lipinski definition) is 5. The zero-order chi connectivity index (χ0) is 17.8. The van der Waals surface area contributed by atoms with Crippen LogP contribution in [0.2, 0.25) is 0 Å². The average molecular weight is 347 g/mol. The molecule has 0 unspecified atom stereocenters. The summed E-state index contributed by atoms with van der Waals surface area (Å²) in [6.45, 7) is 4.83. The summed E-state index contributed by atoms with van der Waals surface area (Å²) in [6, 6.07) is 8.14. The van der Waals surface area contributed by atoms with Gasteiger partial charge in [0.1, 0.15) is 5.75 Å². The van der Waals surface area contributed by atoms with Crippen LogP contribution in [0.3, 0.4) is 0 Å². The molecule has 2 fully saturated rings. The Bertz CT molecular complexity index is 587. The molecule has 0 saturated carbocycles. The van der Waals surface area contributed by atoms with Crippen LogP contribution in [0.15, 0.2) is 24.3 Å². The van der Waals surface area contributed by atoms with Gasteiger partial charge >= 0.3 is 0 Å². The van der Waals surface area contributed by atoms with Crippen molar-refractivity contribution >= 4 is 5.91 Å². The number of aliphatic hydroxyl groups is 1. The molecule has 0 spiro atoms. The lowest BCUT2D eigenvalue weighted by Crippen LogP contribution is -2.47. The second-order valence-corrected chi connectivity index (χ2v) is 7.11. The van der Waals surface area contributed by atoms with Gasteiger partial charge in [-0.1, -0.05) is 12.1 Å². The number of β-amino-alcohol motifs (C(OH)–C–C–N with tert-alkyl or cyclic N) is 1. The van der Waals surface area contributed by atoms with Gasteiger partial charge < -0.3 is 19.6 Å². The molecule has 3 rings (SSSR count). The molecule has 0 aliphatic carbocycles. The van der Waals surface area contributed by atoms with Crippen LogP contribution in [-0.2, 0) is 4.79 Å². The molecular formula is C19H29N3O3. The van der Waals surface area contributed by atoms with Crippen LogP contribution in [0.1, 0.15) is 24.4 Å². The molecule has 1 aromatic rings. The number of amides is 1. The Morgan fingerprint density at radius 2 is 2.04 bits per heavy atom. The lowest BCUT2D eigenvalue weighted by Gasteiger charge is -2.33. The molecule has 2 aliphatic heterocycles. The fourth-order valence-electron chi connectivity index (χ4n) is 3.78. The molecule has 1 aromatic carbocycles. The molecule has 2 heterocycles.